The number of piperidine rings is 1. The molecular weight excluding hydrogens is 560 g/mol. The molecule has 2 aliphatic heterocycles. The first kappa shape index (κ1) is 27.9. The first-order valence-corrected chi connectivity index (χ1v) is 17.2. The van der Waals surface area contributed by atoms with Crippen molar-refractivity contribution in [2.45, 2.75) is 69.5 Å². The molecule has 5 fully saturated rings. The number of hydrogen-bond acceptors (Lipinski definition) is 6. The van der Waals surface area contributed by atoms with Crippen LogP contribution in [-0.2, 0) is 23.1 Å². The summed E-state index contributed by atoms with van der Waals surface area (Å²) in [6.07, 6.45) is 7.67. The second kappa shape index (κ2) is 10.3. The summed E-state index contributed by atoms with van der Waals surface area (Å²) < 4.78 is 18.3. The molecule has 6 nitrogen and oxygen atoms in total. The van der Waals surface area contributed by atoms with Crippen molar-refractivity contribution in [3.8, 4) is 17.2 Å². The lowest BCUT2D eigenvalue weighted by molar-refractivity contribution is -0.0439. The lowest BCUT2D eigenvalue weighted by atomic mass is 9.50. The molecule has 2 saturated heterocycles. The molecule has 4 aliphatic carbocycles. The fourth-order valence-corrected chi connectivity index (χ4v) is 11.2. The van der Waals surface area contributed by atoms with Crippen LogP contribution in [0.1, 0.15) is 66.1 Å². The molecule has 2 heterocycles. The fraction of sp³-hybridized carbons (Fsp3) is 0.513. The molecule has 0 radical (unpaired) electrons. The molecule has 6 atom stereocenters. The van der Waals surface area contributed by atoms with Gasteiger partial charge in [-0.3, -0.25) is 9.80 Å². The molecule has 6 unspecified atom stereocenters. The summed E-state index contributed by atoms with van der Waals surface area (Å²) in [5.74, 6) is 4.21. The molecule has 4 bridgehead atoms. The van der Waals surface area contributed by atoms with Crippen LogP contribution in [0.15, 0.2) is 66.7 Å². The minimum atomic E-state index is -0.322. The van der Waals surface area contributed by atoms with E-state index in [0.29, 0.717) is 41.8 Å². The van der Waals surface area contributed by atoms with Crippen molar-refractivity contribution in [1.82, 2.24) is 9.80 Å². The molecule has 9 rings (SSSR count). The molecule has 0 N–H and O–H groups in total. The van der Waals surface area contributed by atoms with E-state index in [-0.39, 0.29) is 16.8 Å². The predicted molar refractivity (Wildman–Crippen MR) is 173 cm³/mol. The molecule has 0 spiro atoms. The molecule has 3 saturated carbocycles. The van der Waals surface area contributed by atoms with Crippen LogP contribution < -0.4 is 9.47 Å². The maximum Gasteiger partial charge on any atom is 0.338 e. The average molecular weight is 605 g/mol. The van der Waals surface area contributed by atoms with E-state index in [1.807, 2.05) is 25.1 Å². The lowest BCUT2D eigenvalue weighted by Gasteiger charge is -2.60. The third-order valence-electron chi connectivity index (χ3n) is 12.7. The zero-order valence-electron chi connectivity index (χ0n) is 26.5. The van der Waals surface area contributed by atoms with Gasteiger partial charge in [-0.1, -0.05) is 42.5 Å². The summed E-state index contributed by atoms with van der Waals surface area (Å²) in [6, 6.07) is 24.2. The van der Waals surface area contributed by atoms with Gasteiger partial charge in [0.2, 0.25) is 0 Å². The quantitative estimate of drug-likeness (QED) is 0.249. The van der Waals surface area contributed by atoms with E-state index < -0.39 is 0 Å². The van der Waals surface area contributed by atoms with Gasteiger partial charge in [0.1, 0.15) is 5.75 Å². The number of rotatable bonds is 9. The summed E-state index contributed by atoms with van der Waals surface area (Å²) in [7, 11) is 1.76. The Morgan fingerprint density at radius 2 is 1.87 bits per heavy atom. The average Bonchev–Trinajstić information content (AvgIpc) is 3.69. The third kappa shape index (κ3) is 4.04. The number of fused-ring (bicyclic) bond motifs is 1. The second-order valence-electron chi connectivity index (χ2n) is 14.7. The van der Waals surface area contributed by atoms with Crippen molar-refractivity contribution in [3.63, 3.8) is 0 Å². The van der Waals surface area contributed by atoms with Gasteiger partial charge in [0, 0.05) is 42.7 Å². The molecule has 0 amide bonds. The van der Waals surface area contributed by atoms with Gasteiger partial charge in [0.25, 0.3) is 0 Å². The molecule has 6 aliphatic rings. The first-order valence-electron chi connectivity index (χ1n) is 17.2. The van der Waals surface area contributed by atoms with Crippen LogP contribution in [0.5, 0.6) is 17.2 Å². The Balaban J connectivity index is 1.17. The zero-order chi connectivity index (χ0) is 30.3. The summed E-state index contributed by atoms with van der Waals surface area (Å²) >= 11 is 0. The van der Waals surface area contributed by atoms with Crippen LogP contribution >= 0.6 is 0 Å². The van der Waals surface area contributed by atoms with Crippen molar-refractivity contribution < 1.29 is 19.0 Å². The van der Waals surface area contributed by atoms with Gasteiger partial charge >= 0.3 is 5.97 Å². The number of methoxy groups -OCH3 is 1. The van der Waals surface area contributed by atoms with Gasteiger partial charge in [-0.15, -0.1) is 0 Å². The van der Waals surface area contributed by atoms with Gasteiger partial charge in [-0.2, -0.15) is 0 Å². The highest BCUT2D eigenvalue weighted by Crippen LogP contribution is 2.79. The third-order valence-corrected chi connectivity index (χ3v) is 12.7. The van der Waals surface area contributed by atoms with E-state index in [1.165, 1.54) is 68.4 Å². The number of likely N-dealkylation sites (tertiary alicyclic amines) is 2. The highest BCUT2D eigenvalue weighted by atomic mass is 16.5. The number of benzene rings is 3. The van der Waals surface area contributed by atoms with Gasteiger partial charge in [0.05, 0.1) is 19.3 Å². The highest BCUT2D eigenvalue weighted by Gasteiger charge is 2.79. The zero-order valence-corrected chi connectivity index (χ0v) is 26.5. The Labute approximate surface area is 266 Å². The molecule has 3 aromatic carbocycles. The molecule has 3 aromatic rings. The van der Waals surface area contributed by atoms with Gasteiger partial charge in [-0.05, 0) is 111 Å². The number of ether oxygens (including phenoxy) is 3. The Morgan fingerprint density at radius 1 is 1.00 bits per heavy atom. The minimum Gasteiger partial charge on any atom is -0.493 e. The lowest BCUT2D eigenvalue weighted by Crippen LogP contribution is -2.64. The normalized spacial score (nSPS) is 32.7. The van der Waals surface area contributed by atoms with E-state index in [2.05, 4.69) is 52.3 Å². The van der Waals surface area contributed by atoms with Crippen LogP contribution in [0.4, 0.5) is 0 Å². The van der Waals surface area contributed by atoms with Gasteiger partial charge < -0.3 is 14.2 Å². The number of esters is 1. The summed E-state index contributed by atoms with van der Waals surface area (Å²) in [5.41, 5.74) is 5.10. The van der Waals surface area contributed by atoms with E-state index in [0.717, 1.165) is 30.4 Å². The number of hydrogen-bond donors (Lipinski definition) is 0. The van der Waals surface area contributed by atoms with E-state index >= 15 is 0 Å². The maximum absolute atomic E-state index is 12.6. The van der Waals surface area contributed by atoms with Gasteiger partial charge in [-0.25, -0.2) is 4.79 Å². The summed E-state index contributed by atoms with van der Waals surface area (Å²) in [5, 5.41) is 0. The molecule has 45 heavy (non-hydrogen) atoms. The van der Waals surface area contributed by atoms with Gasteiger partial charge in [0.15, 0.2) is 11.5 Å². The Morgan fingerprint density at radius 3 is 2.67 bits per heavy atom. The van der Waals surface area contributed by atoms with E-state index in [9.17, 15) is 4.79 Å². The van der Waals surface area contributed by atoms with Crippen LogP contribution in [0.2, 0.25) is 0 Å². The van der Waals surface area contributed by atoms with E-state index in [4.69, 9.17) is 14.2 Å². The number of nitrogens with zero attached hydrogens (tertiary/aromatic N) is 2. The number of carbonyl (C=O) groups excluding carboxylic acids is 1. The molecular formula is C39H44N2O4. The minimum absolute atomic E-state index is 0.0642. The highest BCUT2D eigenvalue weighted by molar-refractivity contribution is 5.89. The molecule has 0 aromatic heterocycles. The van der Waals surface area contributed by atoms with Crippen LogP contribution in [0.25, 0.3) is 0 Å². The van der Waals surface area contributed by atoms with Crippen molar-refractivity contribution in [1.29, 1.82) is 0 Å². The monoisotopic (exact) mass is 604 g/mol. The Bertz CT molecular complexity index is 1640. The fourth-order valence-electron chi connectivity index (χ4n) is 11.2. The first-order chi connectivity index (χ1) is 22.0. The molecule has 6 heteroatoms. The SMILES string of the molecule is CCOC(=O)c1cccc(Oc2c(OC)ccc3c2C24CCN(CC5CC5)C(C3)C23CC2CN(Cc5ccccc5)C(C3)C24)c1. The topological polar surface area (TPSA) is 51.2 Å². The van der Waals surface area contributed by atoms with Crippen LogP contribution in [-0.4, -0.2) is 61.2 Å². The van der Waals surface area contributed by atoms with Crippen molar-refractivity contribution in [2.75, 3.05) is 33.4 Å². The summed E-state index contributed by atoms with van der Waals surface area (Å²) in [4.78, 5) is 18.4. The Kier molecular flexibility index (Phi) is 6.41. The van der Waals surface area contributed by atoms with Crippen molar-refractivity contribution >= 4 is 5.97 Å². The smallest absolute Gasteiger partial charge is 0.338 e. The Hall–Kier alpha value is -3.35. The van der Waals surface area contributed by atoms with Crippen LogP contribution in [0, 0.1) is 23.2 Å². The largest absolute Gasteiger partial charge is 0.493 e. The van der Waals surface area contributed by atoms with Crippen LogP contribution in [0.3, 0.4) is 0 Å². The number of carbonyl (C=O) groups is 1. The second-order valence-corrected chi connectivity index (χ2v) is 14.7. The predicted octanol–water partition coefficient (Wildman–Crippen LogP) is 6.85. The van der Waals surface area contributed by atoms with Crippen molar-refractivity contribution in [2.24, 2.45) is 23.2 Å². The standard InChI is InChI=1S/C39H44N2O4/c1-3-44-37(42)28-10-7-11-30(18-28)45-36-32(43-2)15-14-27-19-33-38-20-29-24-41(23-25-8-5-4-6-9-25)31(21-38)34(29)39(38,35(27)36)16-17-40(33)22-26-12-13-26/h4-11,14-15,18,26,29,31,33-34H,3,12-13,16-17,19-24H2,1-2H3. The van der Waals surface area contributed by atoms with E-state index in [1.54, 1.807) is 13.2 Å². The maximum atomic E-state index is 12.6. The summed E-state index contributed by atoms with van der Waals surface area (Å²) in [6.45, 7) is 6.86. The molecule has 234 valence electrons. The van der Waals surface area contributed by atoms with Crippen molar-refractivity contribution in [3.05, 3.63) is 89.0 Å².